The van der Waals surface area contributed by atoms with Crippen LogP contribution >= 0.6 is 0 Å². The molecule has 0 aliphatic carbocycles. The lowest BCUT2D eigenvalue weighted by Crippen LogP contribution is -2.32. The molecule has 0 amide bonds. The molecule has 0 fully saturated rings. The molecule has 0 saturated heterocycles. The summed E-state index contributed by atoms with van der Waals surface area (Å²) in [6.45, 7) is 7.07. The van der Waals surface area contributed by atoms with Crippen LogP contribution in [0.15, 0.2) is 0 Å². The van der Waals surface area contributed by atoms with E-state index in [1.165, 1.54) is 0 Å². The zero-order valence-corrected chi connectivity index (χ0v) is 9.51. The van der Waals surface area contributed by atoms with Crippen molar-refractivity contribution in [2.24, 2.45) is 5.41 Å². The highest BCUT2D eigenvalue weighted by Gasteiger charge is 2.16. The molecule has 1 unspecified atom stereocenters. The van der Waals surface area contributed by atoms with Gasteiger partial charge in [0.2, 0.25) is 0 Å². The summed E-state index contributed by atoms with van der Waals surface area (Å²) in [4.78, 5) is 0. The lowest BCUT2D eigenvalue weighted by atomic mass is 9.91. The third kappa shape index (κ3) is 5.95. The minimum absolute atomic E-state index is 0.229. The summed E-state index contributed by atoms with van der Waals surface area (Å²) in [5, 5.41) is 20.9. The van der Waals surface area contributed by atoms with E-state index < -0.39 is 0 Å². The predicted molar refractivity (Wildman–Crippen MR) is 57.8 cm³/mol. The average molecular weight is 198 g/mol. The van der Waals surface area contributed by atoms with E-state index in [1.807, 2.05) is 13.8 Å². The van der Waals surface area contributed by atoms with Crippen LogP contribution in [0.2, 0.25) is 0 Å². The summed E-state index contributed by atoms with van der Waals surface area (Å²) in [5.41, 5.74) is -0.246. The molecule has 0 radical (unpaired) electrons. The molecular formula is C11H22N2O. The van der Waals surface area contributed by atoms with Gasteiger partial charge in [-0.1, -0.05) is 6.92 Å². The molecule has 0 saturated carbocycles. The Kier molecular flexibility index (Phi) is 6.52. The summed E-state index contributed by atoms with van der Waals surface area (Å²) in [7, 11) is 0. The second-order valence-corrected chi connectivity index (χ2v) is 4.32. The Morgan fingerprint density at radius 2 is 2.14 bits per heavy atom. The van der Waals surface area contributed by atoms with Crippen molar-refractivity contribution < 1.29 is 5.11 Å². The van der Waals surface area contributed by atoms with Gasteiger partial charge in [0.15, 0.2) is 0 Å². The molecule has 1 atom stereocenters. The minimum atomic E-state index is -0.246. The van der Waals surface area contributed by atoms with Crippen molar-refractivity contribution in [1.82, 2.24) is 5.32 Å². The van der Waals surface area contributed by atoms with Crippen LogP contribution in [-0.2, 0) is 0 Å². The van der Waals surface area contributed by atoms with Gasteiger partial charge in [0, 0.05) is 12.6 Å². The maximum Gasteiger partial charge on any atom is 0.0684 e. The van der Waals surface area contributed by atoms with Crippen LogP contribution in [0.5, 0.6) is 0 Å². The Morgan fingerprint density at radius 1 is 1.50 bits per heavy atom. The van der Waals surface area contributed by atoms with Crippen molar-refractivity contribution in [2.45, 2.75) is 46.1 Å². The van der Waals surface area contributed by atoms with Gasteiger partial charge in [-0.25, -0.2) is 0 Å². The highest BCUT2D eigenvalue weighted by atomic mass is 16.3. The maximum absolute atomic E-state index is 8.80. The van der Waals surface area contributed by atoms with E-state index in [9.17, 15) is 0 Å². The highest BCUT2D eigenvalue weighted by Crippen LogP contribution is 2.17. The van der Waals surface area contributed by atoms with Crippen molar-refractivity contribution >= 4 is 0 Å². The molecule has 0 aliphatic rings. The number of aliphatic hydroxyl groups is 1. The van der Waals surface area contributed by atoms with E-state index in [0.717, 1.165) is 25.8 Å². The first-order valence-electron chi connectivity index (χ1n) is 5.31. The molecule has 0 rings (SSSR count). The van der Waals surface area contributed by atoms with Crippen molar-refractivity contribution in [1.29, 1.82) is 5.26 Å². The molecule has 0 bridgehead atoms. The molecule has 82 valence electrons. The Morgan fingerprint density at radius 3 is 2.57 bits per heavy atom. The first-order valence-corrected chi connectivity index (χ1v) is 5.31. The fourth-order valence-corrected chi connectivity index (χ4v) is 1.25. The molecule has 3 nitrogen and oxygen atoms in total. The topological polar surface area (TPSA) is 56.0 Å². The van der Waals surface area contributed by atoms with Crippen LogP contribution in [0.25, 0.3) is 0 Å². The fraction of sp³-hybridized carbons (Fsp3) is 0.909. The van der Waals surface area contributed by atoms with Crippen LogP contribution in [0.1, 0.15) is 40.0 Å². The average Bonchev–Trinajstić information content (AvgIpc) is 2.16. The lowest BCUT2D eigenvalue weighted by Gasteiger charge is -2.19. The molecule has 0 aromatic heterocycles. The van der Waals surface area contributed by atoms with E-state index in [-0.39, 0.29) is 12.0 Å². The van der Waals surface area contributed by atoms with Gasteiger partial charge in [-0.15, -0.1) is 0 Å². The van der Waals surface area contributed by atoms with E-state index in [4.69, 9.17) is 10.4 Å². The number of hydrogen-bond donors (Lipinski definition) is 2. The fourth-order valence-electron chi connectivity index (χ4n) is 1.25. The van der Waals surface area contributed by atoms with Crippen LogP contribution in [-0.4, -0.2) is 24.3 Å². The van der Waals surface area contributed by atoms with Crippen molar-refractivity contribution in [3.8, 4) is 6.07 Å². The third-order valence-corrected chi connectivity index (χ3v) is 2.46. The van der Waals surface area contributed by atoms with Gasteiger partial charge in [0.25, 0.3) is 0 Å². The zero-order valence-electron chi connectivity index (χ0n) is 9.51. The lowest BCUT2D eigenvalue weighted by molar-refractivity contribution is 0.260. The molecule has 0 aromatic carbocycles. The van der Waals surface area contributed by atoms with Gasteiger partial charge in [-0.3, -0.25) is 0 Å². The summed E-state index contributed by atoms with van der Waals surface area (Å²) < 4.78 is 0. The van der Waals surface area contributed by atoms with Crippen molar-refractivity contribution in [2.75, 3.05) is 13.2 Å². The Bertz CT molecular complexity index is 184. The molecule has 14 heavy (non-hydrogen) atoms. The molecule has 0 heterocycles. The molecule has 0 spiro atoms. The zero-order chi connectivity index (χ0) is 11.0. The second-order valence-electron chi connectivity index (χ2n) is 4.32. The Hall–Kier alpha value is -0.590. The molecule has 2 N–H and O–H groups in total. The summed E-state index contributed by atoms with van der Waals surface area (Å²) >= 11 is 0. The second kappa shape index (κ2) is 6.80. The number of aliphatic hydroxyl groups excluding tert-OH is 1. The van der Waals surface area contributed by atoms with Gasteiger partial charge in [0.1, 0.15) is 0 Å². The molecular weight excluding hydrogens is 176 g/mol. The number of rotatable bonds is 7. The largest absolute Gasteiger partial charge is 0.396 e. The predicted octanol–water partition coefficient (Wildman–Crippen LogP) is 1.68. The number of nitrogens with one attached hydrogen (secondary N) is 1. The number of nitriles is 1. The van der Waals surface area contributed by atoms with Gasteiger partial charge in [-0.2, -0.15) is 5.26 Å². The third-order valence-electron chi connectivity index (χ3n) is 2.46. The number of hydrogen-bond acceptors (Lipinski definition) is 3. The smallest absolute Gasteiger partial charge is 0.0684 e. The minimum Gasteiger partial charge on any atom is -0.396 e. The normalized spacial score (nSPS) is 13.6. The van der Waals surface area contributed by atoms with E-state index in [0.29, 0.717) is 6.04 Å². The summed E-state index contributed by atoms with van der Waals surface area (Å²) in [5.74, 6) is 0. The van der Waals surface area contributed by atoms with Crippen LogP contribution in [0, 0.1) is 16.7 Å². The molecule has 0 aliphatic heterocycles. The molecule has 0 aromatic rings. The van der Waals surface area contributed by atoms with Crippen LogP contribution in [0.3, 0.4) is 0 Å². The summed E-state index contributed by atoms with van der Waals surface area (Å²) in [6.07, 6.45) is 2.67. The van der Waals surface area contributed by atoms with Crippen molar-refractivity contribution in [3.05, 3.63) is 0 Å². The van der Waals surface area contributed by atoms with Gasteiger partial charge >= 0.3 is 0 Å². The standard InChI is InChI=1S/C11H22N2O/c1-4-10(5-8-14)13-7-6-11(2,3)9-12/h10,13-14H,4-8H2,1-3H3. The van der Waals surface area contributed by atoms with Gasteiger partial charge in [0.05, 0.1) is 11.5 Å². The van der Waals surface area contributed by atoms with Crippen LogP contribution in [0.4, 0.5) is 0 Å². The van der Waals surface area contributed by atoms with E-state index >= 15 is 0 Å². The van der Waals surface area contributed by atoms with E-state index in [1.54, 1.807) is 0 Å². The maximum atomic E-state index is 8.80. The SMILES string of the molecule is CCC(CCO)NCCC(C)(C)C#N. The molecule has 3 heteroatoms. The first-order chi connectivity index (χ1) is 6.55. The van der Waals surface area contributed by atoms with Crippen LogP contribution < -0.4 is 5.32 Å². The Labute approximate surface area is 87.1 Å². The number of nitrogens with zero attached hydrogens (tertiary/aromatic N) is 1. The highest BCUT2D eigenvalue weighted by molar-refractivity contribution is 4.91. The van der Waals surface area contributed by atoms with Gasteiger partial charge < -0.3 is 10.4 Å². The Balaban J connectivity index is 3.67. The summed E-state index contributed by atoms with van der Waals surface area (Å²) in [6, 6.07) is 2.66. The van der Waals surface area contributed by atoms with Crippen molar-refractivity contribution in [3.63, 3.8) is 0 Å². The quantitative estimate of drug-likeness (QED) is 0.654. The van der Waals surface area contributed by atoms with E-state index in [2.05, 4.69) is 18.3 Å². The van der Waals surface area contributed by atoms with Gasteiger partial charge in [-0.05, 0) is 39.7 Å². The monoisotopic (exact) mass is 198 g/mol. The first kappa shape index (κ1) is 13.4.